The summed E-state index contributed by atoms with van der Waals surface area (Å²) in [4.78, 5) is 0. The topological polar surface area (TPSA) is 29.1 Å². The van der Waals surface area contributed by atoms with Gasteiger partial charge in [-0.25, -0.2) is 8.93 Å². The van der Waals surface area contributed by atoms with Crippen molar-refractivity contribution >= 4 is 11.0 Å². The lowest BCUT2D eigenvalue weighted by molar-refractivity contribution is 0.623. The standard InChI is InChI=1S/C18H23NOS/c1-14-10-12-16(13-11-14)17(15-8-6-5-7-9-15)19-21(20)18(2,3)4/h5-13,17,19H,1-4H3/t17-,21-/m1/s1. The van der Waals surface area contributed by atoms with Gasteiger partial charge < -0.3 is 0 Å². The number of hydrogen-bond donors (Lipinski definition) is 1. The van der Waals surface area contributed by atoms with Gasteiger partial charge in [-0.3, -0.25) is 0 Å². The first kappa shape index (κ1) is 15.9. The summed E-state index contributed by atoms with van der Waals surface area (Å²) in [5.41, 5.74) is 3.48. The molecular weight excluding hydrogens is 278 g/mol. The molecule has 0 radical (unpaired) electrons. The molecule has 3 heteroatoms. The first-order valence-corrected chi connectivity index (χ1v) is 8.32. The summed E-state index contributed by atoms with van der Waals surface area (Å²) < 4.78 is 15.5. The Hall–Kier alpha value is -1.45. The molecule has 2 nitrogen and oxygen atoms in total. The highest BCUT2D eigenvalue weighted by atomic mass is 32.2. The van der Waals surface area contributed by atoms with Crippen molar-refractivity contribution in [1.82, 2.24) is 4.72 Å². The average Bonchev–Trinajstić information content (AvgIpc) is 2.45. The fourth-order valence-corrected chi connectivity index (χ4v) is 2.86. The molecule has 0 saturated heterocycles. The summed E-state index contributed by atoms with van der Waals surface area (Å²) in [5, 5.41) is 0. The molecule has 21 heavy (non-hydrogen) atoms. The summed E-state index contributed by atoms with van der Waals surface area (Å²) in [6, 6.07) is 18.5. The molecule has 1 N–H and O–H groups in total. The largest absolute Gasteiger partial charge is 0.242 e. The average molecular weight is 301 g/mol. The number of aryl methyl sites for hydroxylation is 1. The molecule has 2 rings (SSSR count). The van der Waals surface area contributed by atoms with Crippen LogP contribution in [0.2, 0.25) is 0 Å². The van der Waals surface area contributed by atoms with E-state index in [9.17, 15) is 4.21 Å². The van der Waals surface area contributed by atoms with Gasteiger partial charge in [0, 0.05) is 0 Å². The van der Waals surface area contributed by atoms with Crippen molar-refractivity contribution in [2.24, 2.45) is 0 Å². The second kappa shape index (κ2) is 6.54. The molecule has 0 unspecified atom stereocenters. The van der Waals surface area contributed by atoms with E-state index in [4.69, 9.17) is 0 Å². The van der Waals surface area contributed by atoms with Crippen LogP contribution < -0.4 is 4.72 Å². The first-order chi connectivity index (χ1) is 9.88. The molecule has 2 atom stereocenters. The van der Waals surface area contributed by atoms with Gasteiger partial charge in [-0.2, -0.15) is 0 Å². The van der Waals surface area contributed by atoms with Crippen molar-refractivity contribution in [1.29, 1.82) is 0 Å². The zero-order valence-corrected chi connectivity index (χ0v) is 13.9. The molecule has 0 amide bonds. The zero-order valence-electron chi connectivity index (χ0n) is 13.1. The maximum absolute atomic E-state index is 12.5. The SMILES string of the molecule is Cc1ccc([C@H](N[S@](=O)C(C)(C)C)c2ccccc2)cc1. The van der Waals surface area contributed by atoms with E-state index in [2.05, 4.69) is 48.0 Å². The molecule has 0 aliphatic carbocycles. The Morgan fingerprint density at radius 3 is 1.95 bits per heavy atom. The third-order valence-electron chi connectivity index (χ3n) is 3.32. The Bertz CT molecular complexity index is 599. The molecule has 0 aliphatic heterocycles. The fraction of sp³-hybridized carbons (Fsp3) is 0.333. The molecule has 0 fully saturated rings. The van der Waals surface area contributed by atoms with E-state index >= 15 is 0 Å². The van der Waals surface area contributed by atoms with Gasteiger partial charge in [-0.15, -0.1) is 0 Å². The molecule has 0 spiro atoms. The predicted molar refractivity (Wildman–Crippen MR) is 90.5 cm³/mol. The van der Waals surface area contributed by atoms with Crippen LogP contribution in [0.1, 0.15) is 43.5 Å². The van der Waals surface area contributed by atoms with Gasteiger partial charge in [0.05, 0.1) is 21.8 Å². The first-order valence-electron chi connectivity index (χ1n) is 7.17. The lowest BCUT2D eigenvalue weighted by Crippen LogP contribution is -2.36. The van der Waals surface area contributed by atoms with E-state index in [0.717, 1.165) is 11.1 Å². The van der Waals surface area contributed by atoms with Crippen molar-refractivity contribution in [2.45, 2.75) is 38.5 Å². The van der Waals surface area contributed by atoms with Gasteiger partial charge in [-0.05, 0) is 38.8 Å². The van der Waals surface area contributed by atoms with E-state index < -0.39 is 11.0 Å². The van der Waals surface area contributed by atoms with Crippen LogP contribution in [0.4, 0.5) is 0 Å². The highest BCUT2D eigenvalue weighted by Gasteiger charge is 2.24. The number of benzene rings is 2. The van der Waals surface area contributed by atoms with Gasteiger partial charge in [-0.1, -0.05) is 60.2 Å². The lowest BCUT2D eigenvalue weighted by Gasteiger charge is -2.25. The van der Waals surface area contributed by atoms with Crippen LogP contribution >= 0.6 is 0 Å². The van der Waals surface area contributed by atoms with Gasteiger partial charge in [0.25, 0.3) is 0 Å². The minimum Gasteiger partial charge on any atom is -0.242 e. The Morgan fingerprint density at radius 2 is 1.43 bits per heavy atom. The minimum atomic E-state index is -1.12. The van der Waals surface area contributed by atoms with E-state index in [0.29, 0.717) is 0 Å². The zero-order chi connectivity index (χ0) is 15.5. The van der Waals surface area contributed by atoms with E-state index in [1.807, 2.05) is 39.0 Å². The number of hydrogen-bond acceptors (Lipinski definition) is 1. The highest BCUT2D eigenvalue weighted by Crippen LogP contribution is 2.24. The quantitative estimate of drug-likeness (QED) is 0.903. The normalized spacial score (nSPS) is 14.7. The van der Waals surface area contributed by atoms with Crippen LogP contribution in [0, 0.1) is 6.92 Å². The van der Waals surface area contributed by atoms with E-state index in [1.165, 1.54) is 5.56 Å². The van der Waals surface area contributed by atoms with Gasteiger partial charge in [0.1, 0.15) is 0 Å². The summed E-state index contributed by atoms with van der Waals surface area (Å²) in [5.74, 6) is 0. The van der Waals surface area contributed by atoms with Gasteiger partial charge in [0.2, 0.25) is 0 Å². The summed E-state index contributed by atoms with van der Waals surface area (Å²) >= 11 is 0. The van der Waals surface area contributed by atoms with Crippen molar-refractivity contribution < 1.29 is 4.21 Å². The third-order valence-corrected chi connectivity index (χ3v) is 4.89. The maximum Gasteiger partial charge on any atom is 0.0979 e. The monoisotopic (exact) mass is 301 g/mol. The summed E-state index contributed by atoms with van der Waals surface area (Å²) in [6.07, 6.45) is 0. The molecule has 0 aliphatic rings. The van der Waals surface area contributed by atoms with Crippen LogP contribution in [0.5, 0.6) is 0 Å². The second-order valence-electron chi connectivity index (χ2n) is 6.25. The van der Waals surface area contributed by atoms with Crippen molar-refractivity contribution in [3.05, 3.63) is 71.3 Å². The Balaban J connectivity index is 2.36. The number of nitrogens with one attached hydrogen (secondary N) is 1. The van der Waals surface area contributed by atoms with Crippen molar-refractivity contribution in [2.75, 3.05) is 0 Å². The Morgan fingerprint density at radius 1 is 0.905 bits per heavy atom. The van der Waals surface area contributed by atoms with Gasteiger partial charge >= 0.3 is 0 Å². The number of rotatable bonds is 4. The summed E-state index contributed by atoms with van der Waals surface area (Å²) in [7, 11) is -1.12. The molecule has 0 bridgehead atoms. The van der Waals surface area contributed by atoms with Crippen LogP contribution in [0.3, 0.4) is 0 Å². The van der Waals surface area contributed by atoms with E-state index in [-0.39, 0.29) is 10.8 Å². The Labute approximate surface area is 130 Å². The molecule has 0 heterocycles. The van der Waals surface area contributed by atoms with Crippen LogP contribution in [0.15, 0.2) is 54.6 Å². The molecule has 2 aromatic rings. The van der Waals surface area contributed by atoms with Crippen molar-refractivity contribution in [3.63, 3.8) is 0 Å². The maximum atomic E-state index is 12.5. The molecule has 0 saturated carbocycles. The Kier molecular flexibility index (Phi) is 4.96. The molecule has 2 aromatic carbocycles. The van der Waals surface area contributed by atoms with Crippen LogP contribution in [-0.2, 0) is 11.0 Å². The summed E-state index contributed by atoms with van der Waals surface area (Å²) in [6.45, 7) is 8.01. The molecule has 0 aromatic heterocycles. The van der Waals surface area contributed by atoms with Crippen LogP contribution in [0.25, 0.3) is 0 Å². The highest BCUT2D eigenvalue weighted by molar-refractivity contribution is 7.84. The molecule has 112 valence electrons. The predicted octanol–water partition coefficient (Wildman–Crippen LogP) is 4.14. The lowest BCUT2D eigenvalue weighted by atomic mass is 9.99. The van der Waals surface area contributed by atoms with Crippen molar-refractivity contribution in [3.8, 4) is 0 Å². The second-order valence-corrected chi connectivity index (χ2v) is 8.25. The van der Waals surface area contributed by atoms with Gasteiger partial charge in [0.15, 0.2) is 0 Å². The third kappa shape index (κ3) is 4.26. The van der Waals surface area contributed by atoms with Crippen LogP contribution in [-0.4, -0.2) is 8.96 Å². The smallest absolute Gasteiger partial charge is 0.0979 e. The molecular formula is C18H23NOS. The fourth-order valence-electron chi connectivity index (χ4n) is 2.02. The van der Waals surface area contributed by atoms with E-state index in [1.54, 1.807) is 0 Å². The minimum absolute atomic E-state index is 0.0631.